The van der Waals surface area contributed by atoms with E-state index < -0.39 is 6.10 Å². The molecule has 0 saturated carbocycles. The fourth-order valence-corrected chi connectivity index (χ4v) is 8.60. The van der Waals surface area contributed by atoms with Crippen molar-refractivity contribution in [1.82, 2.24) is 0 Å². The van der Waals surface area contributed by atoms with Gasteiger partial charge in [0.15, 0.2) is 6.10 Å². The highest BCUT2D eigenvalue weighted by atomic mass is 16.6. The van der Waals surface area contributed by atoms with E-state index in [1.165, 1.54) is 186 Å². The molecule has 6 nitrogen and oxygen atoms in total. The van der Waals surface area contributed by atoms with Gasteiger partial charge in [0.2, 0.25) is 0 Å². The van der Waals surface area contributed by atoms with E-state index in [2.05, 4.69) is 45.1 Å². The highest BCUT2D eigenvalue weighted by Crippen LogP contribution is 2.17. The van der Waals surface area contributed by atoms with Crippen molar-refractivity contribution in [2.75, 3.05) is 13.2 Å². The molecule has 0 aromatic carbocycles. The normalized spacial score (nSPS) is 12.1. The quantitative estimate of drug-likeness (QED) is 0.0262. The first-order valence-electron chi connectivity index (χ1n) is 28.8. The molecule has 0 aliphatic carbocycles. The minimum absolute atomic E-state index is 0.0717. The molecule has 0 bridgehead atoms. The number of unbranched alkanes of at least 4 members (excludes halogenated alkanes) is 38. The largest absolute Gasteiger partial charge is 0.462 e. The van der Waals surface area contributed by atoms with Gasteiger partial charge in [-0.05, 0) is 44.9 Å². The van der Waals surface area contributed by atoms with Gasteiger partial charge in [0.25, 0.3) is 0 Å². The van der Waals surface area contributed by atoms with E-state index in [1.807, 2.05) is 0 Å². The first-order valence-corrected chi connectivity index (χ1v) is 28.8. The van der Waals surface area contributed by atoms with Crippen molar-refractivity contribution >= 4 is 17.9 Å². The van der Waals surface area contributed by atoms with Crippen LogP contribution in [0.25, 0.3) is 0 Å². The third-order valence-corrected chi connectivity index (χ3v) is 12.9. The number of allylic oxidation sites excluding steroid dienone is 4. The van der Waals surface area contributed by atoms with Crippen LogP contribution >= 0.6 is 0 Å². The number of carbonyl (C=O) groups is 3. The van der Waals surface area contributed by atoms with Crippen LogP contribution in [0.2, 0.25) is 0 Å². The number of hydrogen-bond donors (Lipinski definition) is 0. The maximum Gasteiger partial charge on any atom is 0.306 e. The second-order valence-corrected chi connectivity index (χ2v) is 19.6. The number of hydrogen-bond acceptors (Lipinski definition) is 6. The van der Waals surface area contributed by atoms with Gasteiger partial charge in [-0.15, -0.1) is 0 Å². The zero-order chi connectivity index (χ0) is 47.2. The average Bonchev–Trinajstić information content (AvgIpc) is 3.30. The molecule has 382 valence electrons. The van der Waals surface area contributed by atoms with E-state index in [1.54, 1.807) is 0 Å². The predicted molar refractivity (Wildman–Crippen MR) is 279 cm³/mol. The Morgan fingerprint density at radius 1 is 0.308 bits per heavy atom. The van der Waals surface area contributed by atoms with Crippen molar-refractivity contribution in [1.29, 1.82) is 0 Å². The summed E-state index contributed by atoms with van der Waals surface area (Å²) in [5, 5.41) is 0. The first kappa shape index (κ1) is 62.9. The van der Waals surface area contributed by atoms with Crippen LogP contribution in [0.5, 0.6) is 0 Å². The Hall–Kier alpha value is -2.11. The van der Waals surface area contributed by atoms with E-state index in [0.717, 1.165) is 89.9 Å². The van der Waals surface area contributed by atoms with Crippen LogP contribution in [-0.4, -0.2) is 37.2 Å². The summed E-state index contributed by atoms with van der Waals surface area (Å²) in [6, 6.07) is 0. The van der Waals surface area contributed by atoms with E-state index in [9.17, 15) is 14.4 Å². The van der Waals surface area contributed by atoms with Crippen molar-refractivity contribution in [2.24, 2.45) is 0 Å². The molecule has 0 aliphatic heterocycles. The van der Waals surface area contributed by atoms with Gasteiger partial charge in [0.1, 0.15) is 13.2 Å². The maximum absolute atomic E-state index is 12.8. The standard InChI is InChI=1S/C59H110O6/c1-4-7-10-13-16-19-22-25-26-27-28-29-30-31-32-33-35-37-40-43-46-49-52-58(61)64-55-56(54-63-57(60)51-48-45-42-39-36-24-21-18-15-12-9-6-3)65-59(62)53-50-47-44-41-38-34-23-20-17-14-11-8-5-2/h11,14,20,23,56H,4-10,12-13,15-19,21-22,24-55H2,1-3H3/b14-11-,23-20-. The SMILES string of the molecule is CCC/C=C\C/C=C\CCCCCCCC(=O)OC(COC(=O)CCCCCCCCCCCCCC)COC(=O)CCCCCCCCCCCCCCCCCCCCCCCC. The zero-order valence-electron chi connectivity index (χ0n) is 43.8. The molecule has 0 aromatic rings. The molecule has 1 unspecified atom stereocenters. The first-order chi connectivity index (χ1) is 32.0. The highest BCUT2D eigenvalue weighted by Gasteiger charge is 2.19. The fourth-order valence-electron chi connectivity index (χ4n) is 8.60. The Kier molecular flexibility index (Phi) is 52.7. The Morgan fingerprint density at radius 3 is 0.908 bits per heavy atom. The summed E-state index contributed by atoms with van der Waals surface area (Å²) >= 11 is 0. The summed E-state index contributed by atoms with van der Waals surface area (Å²) in [4.78, 5) is 38.1. The monoisotopic (exact) mass is 915 g/mol. The van der Waals surface area contributed by atoms with Gasteiger partial charge in [-0.25, -0.2) is 0 Å². The second-order valence-electron chi connectivity index (χ2n) is 19.6. The van der Waals surface area contributed by atoms with Gasteiger partial charge in [-0.3, -0.25) is 14.4 Å². The minimum atomic E-state index is -0.773. The molecular weight excluding hydrogens is 805 g/mol. The molecule has 0 spiro atoms. The summed E-state index contributed by atoms with van der Waals surface area (Å²) in [6.45, 7) is 6.61. The molecular formula is C59H110O6. The summed E-state index contributed by atoms with van der Waals surface area (Å²) in [5.74, 6) is -0.867. The lowest BCUT2D eigenvalue weighted by Crippen LogP contribution is -2.30. The van der Waals surface area contributed by atoms with Crippen molar-refractivity contribution in [3.05, 3.63) is 24.3 Å². The van der Waals surface area contributed by atoms with Crippen LogP contribution in [0, 0.1) is 0 Å². The van der Waals surface area contributed by atoms with Gasteiger partial charge in [-0.2, -0.15) is 0 Å². The van der Waals surface area contributed by atoms with Crippen molar-refractivity contribution < 1.29 is 28.6 Å². The highest BCUT2D eigenvalue weighted by molar-refractivity contribution is 5.71. The second kappa shape index (κ2) is 54.5. The molecule has 65 heavy (non-hydrogen) atoms. The Balaban J connectivity index is 4.23. The lowest BCUT2D eigenvalue weighted by Gasteiger charge is -2.18. The molecule has 0 saturated heterocycles. The van der Waals surface area contributed by atoms with Crippen LogP contribution in [0.1, 0.15) is 316 Å². The molecule has 0 heterocycles. The van der Waals surface area contributed by atoms with Crippen LogP contribution in [0.4, 0.5) is 0 Å². The maximum atomic E-state index is 12.8. The minimum Gasteiger partial charge on any atom is -0.462 e. The number of esters is 3. The molecule has 0 fully saturated rings. The Labute approximate surface area is 404 Å². The molecule has 6 heteroatoms. The average molecular weight is 916 g/mol. The van der Waals surface area contributed by atoms with Gasteiger partial charge >= 0.3 is 17.9 Å². The van der Waals surface area contributed by atoms with E-state index in [-0.39, 0.29) is 31.1 Å². The summed E-state index contributed by atoms with van der Waals surface area (Å²) in [6.07, 6.45) is 63.2. The lowest BCUT2D eigenvalue weighted by molar-refractivity contribution is -0.167. The van der Waals surface area contributed by atoms with Crippen LogP contribution < -0.4 is 0 Å². The van der Waals surface area contributed by atoms with Crippen molar-refractivity contribution in [2.45, 2.75) is 322 Å². The summed E-state index contributed by atoms with van der Waals surface area (Å²) < 4.78 is 16.8. The van der Waals surface area contributed by atoms with Gasteiger partial charge in [0.05, 0.1) is 0 Å². The number of ether oxygens (including phenoxy) is 3. The molecule has 0 N–H and O–H groups in total. The smallest absolute Gasteiger partial charge is 0.306 e. The third kappa shape index (κ3) is 52.7. The Bertz CT molecular complexity index is 1050. The van der Waals surface area contributed by atoms with Gasteiger partial charge < -0.3 is 14.2 Å². The van der Waals surface area contributed by atoms with Crippen LogP contribution in [0.3, 0.4) is 0 Å². The van der Waals surface area contributed by atoms with E-state index in [4.69, 9.17) is 14.2 Å². The number of carbonyl (C=O) groups excluding carboxylic acids is 3. The van der Waals surface area contributed by atoms with Gasteiger partial charge in [-0.1, -0.05) is 276 Å². The number of rotatable bonds is 53. The molecule has 1 atom stereocenters. The summed E-state index contributed by atoms with van der Waals surface area (Å²) in [5.41, 5.74) is 0. The molecule has 0 rings (SSSR count). The molecule has 0 amide bonds. The van der Waals surface area contributed by atoms with E-state index >= 15 is 0 Å². The molecule has 0 aliphatic rings. The molecule has 0 radical (unpaired) electrons. The van der Waals surface area contributed by atoms with Crippen molar-refractivity contribution in [3.8, 4) is 0 Å². The predicted octanol–water partition coefficient (Wildman–Crippen LogP) is 19.1. The molecule has 0 aromatic heterocycles. The lowest BCUT2D eigenvalue weighted by atomic mass is 10.0. The van der Waals surface area contributed by atoms with Crippen LogP contribution in [-0.2, 0) is 28.6 Å². The Morgan fingerprint density at radius 2 is 0.585 bits per heavy atom. The van der Waals surface area contributed by atoms with Crippen molar-refractivity contribution in [3.63, 3.8) is 0 Å². The summed E-state index contributed by atoms with van der Waals surface area (Å²) in [7, 11) is 0. The van der Waals surface area contributed by atoms with Crippen LogP contribution in [0.15, 0.2) is 24.3 Å². The zero-order valence-corrected chi connectivity index (χ0v) is 43.8. The third-order valence-electron chi connectivity index (χ3n) is 12.9. The van der Waals surface area contributed by atoms with Gasteiger partial charge in [0, 0.05) is 19.3 Å². The van der Waals surface area contributed by atoms with E-state index in [0.29, 0.717) is 19.3 Å². The fraction of sp³-hybridized carbons (Fsp3) is 0.881. The topological polar surface area (TPSA) is 78.9 Å².